The van der Waals surface area contributed by atoms with E-state index in [4.69, 9.17) is 11.6 Å². The summed E-state index contributed by atoms with van der Waals surface area (Å²) in [5.74, 6) is 3.83. The van der Waals surface area contributed by atoms with Gasteiger partial charge < -0.3 is 0 Å². The van der Waals surface area contributed by atoms with Gasteiger partial charge in [0, 0.05) is 23.0 Å². The van der Waals surface area contributed by atoms with Gasteiger partial charge in [-0.05, 0) is 6.07 Å². The number of nitrogens with zero attached hydrogens (tertiary/aromatic N) is 2. The summed E-state index contributed by atoms with van der Waals surface area (Å²) in [6.07, 6.45) is 1.81. The minimum absolute atomic E-state index is 0.423. The van der Waals surface area contributed by atoms with Crippen LogP contribution in [0.15, 0.2) is 12.3 Å². The third kappa shape index (κ3) is 2.80. The van der Waals surface area contributed by atoms with Crippen molar-refractivity contribution in [2.24, 2.45) is 0 Å². The van der Waals surface area contributed by atoms with Gasteiger partial charge in [0.2, 0.25) is 0 Å². The molecule has 0 aliphatic carbocycles. The molecule has 1 aliphatic rings. The average Bonchev–Trinajstić information content (AvgIpc) is 2.30. The van der Waals surface area contributed by atoms with Crippen molar-refractivity contribution in [3.05, 3.63) is 23.8 Å². The predicted octanol–water partition coefficient (Wildman–Crippen LogP) is 3.13. The fourth-order valence-electron chi connectivity index (χ4n) is 1.54. The van der Waals surface area contributed by atoms with Gasteiger partial charge in [0.15, 0.2) is 0 Å². The zero-order chi connectivity index (χ0) is 10.7. The van der Waals surface area contributed by atoms with E-state index in [1.807, 2.05) is 35.8 Å². The van der Waals surface area contributed by atoms with E-state index in [1.54, 1.807) is 0 Å². The predicted molar refractivity (Wildman–Crippen MR) is 68.7 cm³/mol. The zero-order valence-corrected chi connectivity index (χ0v) is 10.9. The molecule has 5 heteroatoms. The van der Waals surface area contributed by atoms with Gasteiger partial charge in [-0.15, -0.1) is 23.4 Å². The van der Waals surface area contributed by atoms with Gasteiger partial charge in [-0.3, -0.25) is 0 Å². The fraction of sp³-hybridized carbons (Fsp3) is 0.600. The van der Waals surface area contributed by atoms with E-state index in [-0.39, 0.29) is 0 Å². The molecule has 2 heterocycles. The van der Waals surface area contributed by atoms with Crippen LogP contribution in [0.1, 0.15) is 23.7 Å². The summed E-state index contributed by atoms with van der Waals surface area (Å²) in [6, 6.07) is 1.88. The molecular weight excluding hydrogens is 248 g/mol. The molecule has 0 amide bonds. The van der Waals surface area contributed by atoms with Crippen LogP contribution in [0.3, 0.4) is 0 Å². The van der Waals surface area contributed by atoms with E-state index >= 15 is 0 Å². The smallest absolute Gasteiger partial charge is 0.142 e. The van der Waals surface area contributed by atoms with Gasteiger partial charge in [-0.2, -0.15) is 11.8 Å². The number of hydrogen-bond acceptors (Lipinski definition) is 4. The first kappa shape index (κ1) is 11.6. The van der Waals surface area contributed by atoms with E-state index in [0.29, 0.717) is 16.4 Å². The number of alkyl halides is 1. The van der Waals surface area contributed by atoms with E-state index < -0.39 is 0 Å². The van der Waals surface area contributed by atoms with Crippen LogP contribution in [-0.4, -0.2) is 26.7 Å². The molecule has 2 rings (SSSR count). The summed E-state index contributed by atoms with van der Waals surface area (Å²) in [6.45, 7) is 2.25. The second-order valence-electron chi connectivity index (χ2n) is 3.41. The van der Waals surface area contributed by atoms with Crippen LogP contribution in [0.4, 0.5) is 0 Å². The number of rotatable bonds is 2. The Balaban J connectivity index is 2.19. The Morgan fingerprint density at radius 2 is 2.27 bits per heavy atom. The standard InChI is InChI=1S/C10H13ClN2S2/c1-7-9(15-5-4-14-7)10-12-3-2-8(6-11)13-10/h2-3,7,9H,4-6H2,1H3. The fourth-order valence-corrected chi connectivity index (χ4v) is 4.39. The van der Waals surface area contributed by atoms with Crippen molar-refractivity contribution >= 4 is 35.1 Å². The highest BCUT2D eigenvalue weighted by Crippen LogP contribution is 2.40. The SMILES string of the molecule is CC1SCCSC1c1nccc(CCl)n1. The normalized spacial score (nSPS) is 26.5. The lowest BCUT2D eigenvalue weighted by molar-refractivity contribution is 0.812. The highest BCUT2D eigenvalue weighted by molar-refractivity contribution is 8.06. The van der Waals surface area contributed by atoms with E-state index in [9.17, 15) is 0 Å². The van der Waals surface area contributed by atoms with Crippen LogP contribution in [-0.2, 0) is 5.88 Å². The van der Waals surface area contributed by atoms with Crippen LogP contribution >= 0.6 is 35.1 Å². The summed E-state index contributed by atoms with van der Waals surface area (Å²) in [4.78, 5) is 8.85. The number of hydrogen-bond donors (Lipinski definition) is 0. The highest BCUT2D eigenvalue weighted by atomic mass is 35.5. The highest BCUT2D eigenvalue weighted by Gasteiger charge is 2.26. The Morgan fingerprint density at radius 1 is 1.47 bits per heavy atom. The minimum atomic E-state index is 0.423. The summed E-state index contributed by atoms with van der Waals surface area (Å²) in [5.41, 5.74) is 0.921. The molecule has 1 fully saturated rings. The summed E-state index contributed by atoms with van der Waals surface area (Å²) in [5, 5.41) is 1.02. The Hall–Kier alpha value is 0.0700. The van der Waals surface area contributed by atoms with Crippen LogP contribution in [0.25, 0.3) is 0 Å². The monoisotopic (exact) mass is 260 g/mol. The lowest BCUT2D eigenvalue weighted by Crippen LogP contribution is -2.18. The molecule has 2 nitrogen and oxygen atoms in total. The molecule has 0 radical (unpaired) electrons. The maximum atomic E-state index is 5.77. The van der Waals surface area contributed by atoms with Crippen molar-refractivity contribution < 1.29 is 0 Å². The van der Waals surface area contributed by atoms with Gasteiger partial charge >= 0.3 is 0 Å². The molecular formula is C10H13ClN2S2. The van der Waals surface area contributed by atoms with Crippen molar-refractivity contribution in [1.29, 1.82) is 0 Å². The Morgan fingerprint density at radius 3 is 3.00 bits per heavy atom. The van der Waals surface area contributed by atoms with Crippen molar-refractivity contribution in [2.75, 3.05) is 11.5 Å². The molecule has 1 saturated heterocycles. The Kier molecular flexibility index (Phi) is 4.17. The first-order chi connectivity index (χ1) is 7.31. The first-order valence-corrected chi connectivity index (χ1v) is 7.55. The lowest BCUT2D eigenvalue weighted by Gasteiger charge is -2.26. The van der Waals surface area contributed by atoms with E-state index in [2.05, 4.69) is 16.9 Å². The van der Waals surface area contributed by atoms with Gasteiger partial charge in [-0.25, -0.2) is 9.97 Å². The van der Waals surface area contributed by atoms with Crippen LogP contribution in [0.2, 0.25) is 0 Å². The molecule has 1 aromatic heterocycles. The maximum Gasteiger partial charge on any atom is 0.142 e. The average molecular weight is 261 g/mol. The van der Waals surface area contributed by atoms with Crippen LogP contribution in [0.5, 0.6) is 0 Å². The van der Waals surface area contributed by atoms with Crippen LogP contribution in [0, 0.1) is 0 Å². The van der Waals surface area contributed by atoms with Crippen molar-refractivity contribution in [2.45, 2.75) is 23.3 Å². The lowest BCUT2D eigenvalue weighted by atomic mass is 10.3. The largest absolute Gasteiger partial charge is 0.240 e. The summed E-state index contributed by atoms with van der Waals surface area (Å²) < 4.78 is 0. The van der Waals surface area contributed by atoms with Gasteiger partial charge in [0.1, 0.15) is 5.82 Å². The topological polar surface area (TPSA) is 25.8 Å². The molecule has 2 atom stereocenters. The Labute approximate surface area is 104 Å². The Bertz CT molecular complexity index is 335. The molecule has 0 spiro atoms. The van der Waals surface area contributed by atoms with E-state index in [0.717, 1.165) is 11.5 Å². The molecule has 1 aliphatic heterocycles. The van der Waals surface area contributed by atoms with Gasteiger partial charge in [-0.1, -0.05) is 6.92 Å². The number of thioether (sulfide) groups is 2. The summed E-state index contributed by atoms with van der Waals surface area (Å²) in [7, 11) is 0. The molecule has 0 aromatic carbocycles. The second-order valence-corrected chi connectivity index (χ2v) is 6.41. The summed E-state index contributed by atoms with van der Waals surface area (Å²) >= 11 is 9.73. The molecule has 1 aromatic rings. The quantitative estimate of drug-likeness (QED) is 0.763. The van der Waals surface area contributed by atoms with Crippen molar-refractivity contribution in [1.82, 2.24) is 9.97 Å². The molecule has 2 unspecified atom stereocenters. The van der Waals surface area contributed by atoms with Gasteiger partial charge in [0.25, 0.3) is 0 Å². The maximum absolute atomic E-state index is 5.77. The van der Waals surface area contributed by atoms with Crippen molar-refractivity contribution in [3.63, 3.8) is 0 Å². The molecule has 0 saturated carbocycles. The number of halogens is 1. The van der Waals surface area contributed by atoms with E-state index in [1.165, 1.54) is 11.5 Å². The molecule has 82 valence electrons. The zero-order valence-electron chi connectivity index (χ0n) is 8.52. The minimum Gasteiger partial charge on any atom is -0.240 e. The first-order valence-electron chi connectivity index (χ1n) is 4.92. The van der Waals surface area contributed by atoms with Crippen molar-refractivity contribution in [3.8, 4) is 0 Å². The molecule has 0 bridgehead atoms. The molecule has 0 N–H and O–H groups in total. The second kappa shape index (κ2) is 5.41. The van der Waals surface area contributed by atoms with Gasteiger partial charge in [0.05, 0.1) is 16.8 Å². The molecule has 15 heavy (non-hydrogen) atoms. The third-order valence-corrected chi connectivity index (χ3v) is 5.67. The van der Waals surface area contributed by atoms with Crippen LogP contribution < -0.4 is 0 Å². The number of aromatic nitrogens is 2. The third-order valence-electron chi connectivity index (χ3n) is 2.31.